The van der Waals surface area contributed by atoms with Crippen LogP contribution in [0.15, 0.2) is 29.6 Å². The lowest BCUT2D eigenvalue weighted by Gasteiger charge is -2.08. The smallest absolute Gasteiger partial charge is 0.269 e. The van der Waals surface area contributed by atoms with E-state index in [1.54, 1.807) is 23.5 Å². The van der Waals surface area contributed by atoms with Crippen LogP contribution in [-0.4, -0.2) is 9.91 Å². The van der Waals surface area contributed by atoms with Crippen molar-refractivity contribution in [2.75, 3.05) is 0 Å². The number of non-ortho nitro benzene ring substituents is 1. The second-order valence-electron chi connectivity index (χ2n) is 5.12. The summed E-state index contributed by atoms with van der Waals surface area (Å²) >= 11 is 1.68. The van der Waals surface area contributed by atoms with E-state index >= 15 is 0 Å². The molecule has 1 fully saturated rings. The first-order valence-electron chi connectivity index (χ1n) is 6.57. The number of benzene rings is 1. The Labute approximate surface area is 153 Å². The zero-order chi connectivity index (χ0) is 14.1. The molecule has 2 aromatic rings. The Morgan fingerprint density at radius 3 is 2.50 bits per heavy atom. The fraction of sp³-hybridized carbons (Fsp3) is 0.357. The fourth-order valence-corrected chi connectivity index (χ4v) is 3.16. The highest BCUT2D eigenvalue weighted by molar-refractivity contribution is 8.93. The predicted molar refractivity (Wildman–Crippen MR) is 98.5 cm³/mol. The summed E-state index contributed by atoms with van der Waals surface area (Å²) in [5.41, 5.74) is 8.19. The highest BCUT2D eigenvalue weighted by atomic mass is 79.9. The maximum atomic E-state index is 10.6. The van der Waals surface area contributed by atoms with Crippen LogP contribution in [0.4, 0.5) is 5.69 Å². The lowest BCUT2D eigenvalue weighted by atomic mass is 10.0. The van der Waals surface area contributed by atoms with Crippen molar-refractivity contribution in [2.24, 2.45) is 5.73 Å². The van der Waals surface area contributed by atoms with Gasteiger partial charge in [-0.3, -0.25) is 10.1 Å². The van der Waals surface area contributed by atoms with Crippen molar-refractivity contribution in [2.45, 2.75) is 31.2 Å². The van der Waals surface area contributed by atoms with Gasteiger partial charge in [0.15, 0.2) is 0 Å². The summed E-state index contributed by atoms with van der Waals surface area (Å²) in [6, 6.07) is 6.38. The van der Waals surface area contributed by atoms with Crippen LogP contribution in [0.25, 0.3) is 0 Å². The minimum absolute atomic E-state index is 0. The fourth-order valence-electron chi connectivity index (χ4n) is 2.10. The molecule has 1 atom stereocenters. The summed E-state index contributed by atoms with van der Waals surface area (Å²) in [5, 5.41) is 13.8. The third-order valence-corrected chi connectivity index (χ3v) is 4.47. The van der Waals surface area contributed by atoms with E-state index in [0.29, 0.717) is 12.3 Å². The molecular weight excluding hydrogens is 434 g/mol. The molecule has 0 bridgehead atoms. The Balaban J connectivity index is 0.00000121. The molecule has 1 unspecified atom stereocenters. The van der Waals surface area contributed by atoms with Gasteiger partial charge in [0.2, 0.25) is 0 Å². The third-order valence-electron chi connectivity index (χ3n) is 3.45. The highest BCUT2D eigenvalue weighted by Gasteiger charge is 2.27. The third kappa shape index (κ3) is 4.58. The summed E-state index contributed by atoms with van der Waals surface area (Å²) < 4.78 is 0. The average Bonchev–Trinajstić information content (AvgIpc) is 3.17. The van der Waals surface area contributed by atoms with Crippen molar-refractivity contribution in [1.82, 2.24) is 4.98 Å². The molecule has 2 N–H and O–H groups in total. The van der Waals surface area contributed by atoms with Crippen molar-refractivity contribution in [1.29, 1.82) is 0 Å². The second-order valence-corrected chi connectivity index (χ2v) is 6.01. The van der Waals surface area contributed by atoms with E-state index in [9.17, 15) is 10.1 Å². The monoisotopic (exact) mass is 449 g/mol. The maximum absolute atomic E-state index is 10.6. The Kier molecular flexibility index (Phi) is 7.11. The van der Waals surface area contributed by atoms with E-state index in [0.717, 1.165) is 11.3 Å². The van der Waals surface area contributed by atoms with Crippen LogP contribution in [0.5, 0.6) is 0 Å². The second kappa shape index (κ2) is 8.14. The Morgan fingerprint density at radius 2 is 1.95 bits per heavy atom. The van der Waals surface area contributed by atoms with Crippen LogP contribution < -0.4 is 5.73 Å². The molecule has 0 aliphatic heterocycles. The molecule has 0 amide bonds. The summed E-state index contributed by atoms with van der Waals surface area (Å²) in [6.45, 7) is 0. The highest BCUT2D eigenvalue weighted by Crippen LogP contribution is 2.41. The molecule has 1 aromatic heterocycles. The predicted octanol–water partition coefficient (Wildman–Crippen LogP) is 4.33. The number of halogens is 2. The van der Waals surface area contributed by atoms with Crippen molar-refractivity contribution >= 4 is 51.0 Å². The molecule has 22 heavy (non-hydrogen) atoms. The lowest BCUT2D eigenvalue weighted by Crippen LogP contribution is -2.13. The Morgan fingerprint density at radius 1 is 1.32 bits per heavy atom. The van der Waals surface area contributed by atoms with E-state index in [-0.39, 0.29) is 45.7 Å². The van der Waals surface area contributed by atoms with Gasteiger partial charge >= 0.3 is 0 Å². The summed E-state index contributed by atoms with van der Waals surface area (Å²) in [6.07, 6.45) is 3.13. The number of thiazole rings is 1. The van der Waals surface area contributed by atoms with Gasteiger partial charge in [0.1, 0.15) is 0 Å². The molecule has 1 aliphatic rings. The van der Waals surface area contributed by atoms with E-state index in [1.165, 1.54) is 30.0 Å². The molecule has 1 saturated carbocycles. The molecule has 0 radical (unpaired) electrons. The van der Waals surface area contributed by atoms with Gasteiger partial charge in [-0.1, -0.05) is 12.1 Å². The zero-order valence-electron chi connectivity index (χ0n) is 11.7. The molecule has 8 heteroatoms. The summed E-state index contributed by atoms with van der Waals surface area (Å²) in [5.74, 6) is 0.653. The minimum Gasteiger partial charge on any atom is -0.322 e. The number of nitrogens with two attached hydrogens (primary N) is 1. The van der Waals surface area contributed by atoms with Crippen LogP contribution in [-0.2, 0) is 6.42 Å². The molecule has 5 nitrogen and oxygen atoms in total. The molecule has 0 saturated heterocycles. The first kappa shape index (κ1) is 19.2. The zero-order valence-corrected chi connectivity index (χ0v) is 15.9. The van der Waals surface area contributed by atoms with Crippen molar-refractivity contribution in [3.63, 3.8) is 0 Å². The number of nitrogens with zero attached hydrogens (tertiary/aromatic N) is 2. The first-order chi connectivity index (χ1) is 9.63. The van der Waals surface area contributed by atoms with Crippen molar-refractivity contribution in [3.05, 3.63) is 56.0 Å². The Bertz CT molecular complexity index is 629. The number of nitro groups is 1. The van der Waals surface area contributed by atoms with Gasteiger partial charge < -0.3 is 5.73 Å². The van der Waals surface area contributed by atoms with Gasteiger partial charge in [-0.05, 0) is 24.8 Å². The number of rotatable bonds is 5. The topological polar surface area (TPSA) is 82.0 Å². The van der Waals surface area contributed by atoms with Crippen LogP contribution in [0.2, 0.25) is 0 Å². The molecule has 1 aromatic carbocycles. The van der Waals surface area contributed by atoms with Crippen LogP contribution in [0.3, 0.4) is 0 Å². The maximum Gasteiger partial charge on any atom is 0.269 e. The van der Waals surface area contributed by atoms with Gasteiger partial charge in [0.25, 0.3) is 5.69 Å². The van der Waals surface area contributed by atoms with E-state index in [4.69, 9.17) is 5.73 Å². The van der Waals surface area contributed by atoms with Crippen LogP contribution in [0, 0.1) is 10.1 Å². The molecule has 0 spiro atoms. The quantitative estimate of drug-likeness (QED) is 0.542. The van der Waals surface area contributed by atoms with Gasteiger partial charge in [-0.25, -0.2) is 4.98 Å². The molecule has 1 aliphatic carbocycles. The number of hydrogen-bond acceptors (Lipinski definition) is 5. The number of nitro benzene ring substituents is 1. The number of aromatic nitrogens is 1. The van der Waals surface area contributed by atoms with Gasteiger partial charge in [-0.2, -0.15) is 0 Å². The van der Waals surface area contributed by atoms with E-state index in [1.807, 2.05) is 5.38 Å². The van der Waals surface area contributed by atoms with Gasteiger partial charge in [0, 0.05) is 23.4 Å². The molecule has 3 rings (SSSR count). The van der Waals surface area contributed by atoms with E-state index < -0.39 is 4.92 Å². The van der Waals surface area contributed by atoms with Crippen LogP contribution in [0.1, 0.15) is 41.1 Å². The Hall–Kier alpha value is -0.830. The lowest BCUT2D eigenvalue weighted by molar-refractivity contribution is -0.384. The first-order valence-corrected chi connectivity index (χ1v) is 7.45. The average molecular weight is 451 g/mol. The van der Waals surface area contributed by atoms with Gasteiger partial charge in [-0.15, -0.1) is 45.3 Å². The largest absolute Gasteiger partial charge is 0.322 e. The van der Waals surface area contributed by atoms with Crippen LogP contribution >= 0.6 is 45.3 Å². The molecular formula is C14H17Br2N3O2S. The van der Waals surface area contributed by atoms with Crippen molar-refractivity contribution < 1.29 is 4.92 Å². The normalized spacial score (nSPS) is 14.6. The summed E-state index contributed by atoms with van der Waals surface area (Å²) in [7, 11) is 0. The molecule has 1 heterocycles. The number of hydrogen-bond donors (Lipinski definition) is 1. The summed E-state index contributed by atoms with van der Waals surface area (Å²) in [4.78, 5) is 14.8. The van der Waals surface area contributed by atoms with Gasteiger partial charge in [0.05, 0.1) is 21.7 Å². The minimum atomic E-state index is -0.397. The SMILES string of the molecule is Br.Br.NC(Cc1ccc([N+](=O)[O-])cc1)c1csc(C2CC2)n1. The van der Waals surface area contributed by atoms with E-state index in [2.05, 4.69) is 4.98 Å². The van der Waals surface area contributed by atoms with Crippen molar-refractivity contribution in [3.8, 4) is 0 Å². The molecule has 120 valence electrons. The standard InChI is InChI=1S/C14H15N3O2S.2BrH/c15-12(13-8-20-14(16-13)10-3-4-10)7-9-1-5-11(6-2-9)17(18)19;;/h1-2,5-6,8,10,12H,3-4,7,15H2;2*1H.